The highest BCUT2D eigenvalue weighted by Gasteiger charge is 2.51. The summed E-state index contributed by atoms with van der Waals surface area (Å²) in [5.41, 5.74) is -1.48. The van der Waals surface area contributed by atoms with Crippen molar-refractivity contribution in [3.8, 4) is 0 Å². The van der Waals surface area contributed by atoms with E-state index in [2.05, 4.69) is 15.9 Å². The van der Waals surface area contributed by atoms with Crippen molar-refractivity contribution >= 4 is 22.0 Å². The van der Waals surface area contributed by atoms with Crippen LogP contribution in [-0.2, 0) is 0 Å². The maximum atomic E-state index is 14.3. The third-order valence-corrected chi connectivity index (χ3v) is 3.91. The normalized spacial score (nSPS) is 32.9. The van der Waals surface area contributed by atoms with Crippen LogP contribution in [0.1, 0.15) is 11.6 Å². The van der Waals surface area contributed by atoms with Crippen molar-refractivity contribution in [1.29, 1.82) is 0 Å². The van der Waals surface area contributed by atoms with Gasteiger partial charge in [0.05, 0.1) is 24.3 Å². The van der Waals surface area contributed by atoms with Gasteiger partial charge < -0.3 is 15.3 Å². The minimum absolute atomic E-state index is 0.0767. The van der Waals surface area contributed by atoms with Crippen molar-refractivity contribution in [3.63, 3.8) is 0 Å². The van der Waals surface area contributed by atoms with E-state index in [1.165, 1.54) is 11.1 Å². The molecule has 9 heteroatoms. The number of alkyl halides is 1. The zero-order valence-corrected chi connectivity index (χ0v) is 12.3. The summed E-state index contributed by atoms with van der Waals surface area (Å²) in [7, 11) is 0. The number of aliphatic hydroxyl groups excluding tert-OH is 3. The minimum atomic E-state index is -1.83. The number of rotatable bonds is 3. The van der Waals surface area contributed by atoms with Crippen molar-refractivity contribution in [2.75, 3.05) is 6.61 Å². The molecule has 7 nitrogen and oxygen atoms in total. The van der Waals surface area contributed by atoms with Crippen molar-refractivity contribution in [1.82, 2.24) is 9.55 Å². The molecule has 4 N–H and O–H groups in total. The van der Waals surface area contributed by atoms with Gasteiger partial charge in [-0.05, 0) is 11.1 Å². The first-order chi connectivity index (χ1) is 9.92. The minimum Gasteiger partial charge on any atom is -0.396 e. The van der Waals surface area contributed by atoms with Gasteiger partial charge in [-0.2, -0.15) is 0 Å². The Labute approximate surface area is 126 Å². The van der Waals surface area contributed by atoms with Crippen LogP contribution in [0, 0.1) is 5.92 Å². The van der Waals surface area contributed by atoms with E-state index in [0.29, 0.717) is 0 Å². The van der Waals surface area contributed by atoms with Crippen molar-refractivity contribution < 1.29 is 19.7 Å². The average Bonchev–Trinajstić information content (AvgIpc) is 2.64. The molecule has 1 aromatic rings. The maximum Gasteiger partial charge on any atom is 0.328 e. The van der Waals surface area contributed by atoms with Gasteiger partial charge in [-0.1, -0.05) is 15.9 Å². The van der Waals surface area contributed by atoms with E-state index in [1.54, 1.807) is 0 Å². The number of hydrogen-bond donors (Lipinski definition) is 4. The third kappa shape index (κ3) is 2.73. The highest BCUT2D eigenvalue weighted by atomic mass is 79.9. The van der Waals surface area contributed by atoms with Crippen LogP contribution in [0.15, 0.2) is 20.8 Å². The molecule has 0 saturated heterocycles. The number of aromatic nitrogens is 2. The van der Waals surface area contributed by atoms with Crippen LogP contribution in [-0.4, -0.2) is 49.9 Å². The molecule has 1 fully saturated rings. The van der Waals surface area contributed by atoms with E-state index in [-0.39, 0.29) is 5.56 Å². The van der Waals surface area contributed by atoms with Gasteiger partial charge in [-0.25, -0.2) is 9.18 Å². The van der Waals surface area contributed by atoms with E-state index < -0.39 is 48.2 Å². The predicted octanol–water partition coefficient (Wildman–Crippen LogP) is -0.875. The molecule has 1 aliphatic rings. The van der Waals surface area contributed by atoms with Gasteiger partial charge in [0.1, 0.15) is 12.3 Å². The summed E-state index contributed by atoms with van der Waals surface area (Å²) in [6.45, 7) is -0.665. The van der Waals surface area contributed by atoms with Gasteiger partial charge in [-0.15, -0.1) is 0 Å². The van der Waals surface area contributed by atoms with E-state index in [0.717, 1.165) is 10.8 Å². The Kier molecular flexibility index (Phi) is 4.77. The maximum absolute atomic E-state index is 14.3. The second kappa shape index (κ2) is 6.22. The molecule has 1 aromatic heterocycles. The van der Waals surface area contributed by atoms with Crippen LogP contribution in [0.3, 0.4) is 0 Å². The molecule has 5 atom stereocenters. The molecule has 1 saturated carbocycles. The fourth-order valence-corrected chi connectivity index (χ4v) is 2.81. The zero-order valence-electron chi connectivity index (χ0n) is 10.7. The van der Waals surface area contributed by atoms with Crippen molar-refractivity contribution in [2.24, 2.45) is 5.92 Å². The smallest absolute Gasteiger partial charge is 0.328 e. The standard InChI is InChI=1S/C12H14BrFN2O5/c13-2-1-5-3-16(12(21)15-11(5)20)8-7(14)6(4-17)9(18)10(8)19/h1-3,6-10,17-19H,4H2,(H,15,20,21). The van der Waals surface area contributed by atoms with Crippen LogP contribution < -0.4 is 11.2 Å². The van der Waals surface area contributed by atoms with Crippen molar-refractivity contribution in [3.05, 3.63) is 37.6 Å². The summed E-state index contributed by atoms with van der Waals surface area (Å²) in [6.07, 6.45) is -2.44. The molecule has 0 aliphatic heterocycles. The fourth-order valence-electron chi connectivity index (χ4n) is 2.52. The van der Waals surface area contributed by atoms with Crippen LogP contribution in [0.5, 0.6) is 0 Å². The van der Waals surface area contributed by atoms with E-state index in [1.807, 2.05) is 4.98 Å². The highest BCUT2D eigenvalue weighted by molar-refractivity contribution is 9.11. The Hall–Kier alpha value is -1.29. The number of aromatic amines is 1. The molecular formula is C12H14BrFN2O5. The second-order valence-corrected chi connectivity index (χ2v) is 5.33. The van der Waals surface area contributed by atoms with Crippen molar-refractivity contribution in [2.45, 2.75) is 24.4 Å². The predicted molar refractivity (Wildman–Crippen MR) is 75.8 cm³/mol. The lowest BCUT2D eigenvalue weighted by molar-refractivity contribution is -0.00561. The van der Waals surface area contributed by atoms with Crippen LogP contribution in [0.25, 0.3) is 6.08 Å². The zero-order chi connectivity index (χ0) is 15.7. The lowest BCUT2D eigenvalue weighted by atomic mass is 10.1. The van der Waals surface area contributed by atoms with Gasteiger partial charge in [0.2, 0.25) is 0 Å². The molecule has 0 radical (unpaired) electrons. The second-order valence-electron chi connectivity index (χ2n) is 4.81. The lowest BCUT2D eigenvalue weighted by Gasteiger charge is -2.20. The van der Waals surface area contributed by atoms with E-state index in [9.17, 15) is 24.2 Å². The van der Waals surface area contributed by atoms with E-state index in [4.69, 9.17) is 5.11 Å². The quantitative estimate of drug-likeness (QED) is 0.556. The number of nitrogens with zero attached hydrogens (tertiary/aromatic N) is 1. The van der Waals surface area contributed by atoms with Gasteiger partial charge in [-0.3, -0.25) is 14.3 Å². The first kappa shape index (κ1) is 16.1. The average molecular weight is 365 g/mol. The molecule has 1 heterocycles. The Morgan fingerprint density at radius 2 is 2.05 bits per heavy atom. The van der Waals surface area contributed by atoms with Crippen LogP contribution in [0.2, 0.25) is 0 Å². The molecule has 1 aliphatic carbocycles. The number of H-pyrrole nitrogens is 1. The molecule has 0 aromatic carbocycles. The summed E-state index contributed by atoms with van der Waals surface area (Å²) in [4.78, 5) is 26.8. The van der Waals surface area contributed by atoms with E-state index >= 15 is 0 Å². The van der Waals surface area contributed by atoms with Crippen LogP contribution in [0.4, 0.5) is 4.39 Å². The van der Waals surface area contributed by atoms with Crippen LogP contribution >= 0.6 is 15.9 Å². The summed E-state index contributed by atoms with van der Waals surface area (Å²) in [5.74, 6) is -1.20. The third-order valence-electron chi connectivity index (χ3n) is 3.64. The topological polar surface area (TPSA) is 116 Å². The number of aliphatic hydroxyl groups is 3. The molecule has 116 valence electrons. The molecule has 0 amide bonds. The molecule has 0 spiro atoms. The Balaban J connectivity index is 2.54. The summed E-state index contributed by atoms with van der Waals surface area (Å²) in [6, 6.07) is -1.39. The van der Waals surface area contributed by atoms with Gasteiger partial charge >= 0.3 is 5.69 Å². The largest absolute Gasteiger partial charge is 0.396 e. The fraction of sp³-hybridized carbons (Fsp3) is 0.500. The number of hydrogen-bond acceptors (Lipinski definition) is 5. The SMILES string of the molecule is O=c1[nH]c(=O)n(C2C(O)C(O)C(CO)C2F)cc1C=CBr. The molecular weight excluding hydrogens is 351 g/mol. The monoisotopic (exact) mass is 364 g/mol. The molecule has 0 bridgehead atoms. The molecule has 21 heavy (non-hydrogen) atoms. The van der Waals surface area contributed by atoms with Gasteiger partial charge in [0.25, 0.3) is 5.56 Å². The lowest BCUT2D eigenvalue weighted by Crippen LogP contribution is -2.39. The Morgan fingerprint density at radius 1 is 1.38 bits per heavy atom. The molecule has 2 rings (SSSR count). The Morgan fingerprint density at radius 3 is 2.57 bits per heavy atom. The van der Waals surface area contributed by atoms with Gasteiger partial charge in [0, 0.05) is 12.1 Å². The summed E-state index contributed by atoms with van der Waals surface area (Å²) in [5, 5.41) is 28.7. The molecule has 5 unspecified atom stereocenters. The van der Waals surface area contributed by atoms with Gasteiger partial charge in [0.15, 0.2) is 0 Å². The first-order valence-electron chi connectivity index (χ1n) is 6.15. The summed E-state index contributed by atoms with van der Waals surface area (Å²) >= 11 is 2.98. The number of nitrogens with one attached hydrogen (secondary N) is 1. The Bertz CT molecular complexity index is 658. The highest BCUT2D eigenvalue weighted by Crippen LogP contribution is 2.37. The number of halogens is 2. The first-order valence-corrected chi connectivity index (χ1v) is 7.07. The summed E-state index contributed by atoms with van der Waals surface area (Å²) < 4.78 is 15.1.